The van der Waals surface area contributed by atoms with Gasteiger partial charge in [0.2, 0.25) is 5.78 Å². The number of ketones is 2. The lowest BCUT2D eigenvalue weighted by Gasteiger charge is -2.23. The number of hydrogen-bond acceptors (Lipinski definition) is 5. The summed E-state index contributed by atoms with van der Waals surface area (Å²) >= 11 is 0. The molecule has 26 heavy (non-hydrogen) atoms. The first kappa shape index (κ1) is 21.4. The summed E-state index contributed by atoms with van der Waals surface area (Å²) in [5, 5.41) is 0. The normalized spacial score (nSPS) is 16.1. The monoisotopic (exact) mass is 358 g/mol. The second kappa shape index (κ2) is 9.13. The number of carbonyl (C=O) groups excluding carboxylic acids is 3. The summed E-state index contributed by atoms with van der Waals surface area (Å²) in [4.78, 5) is 37.0. The van der Waals surface area contributed by atoms with Gasteiger partial charge in [-0.15, -0.1) is 0 Å². The first-order valence-electron chi connectivity index (χ1n) is 8.36. The summed E-state index contributed by atoms with van der Waals surface area (Å²) in [6.07, 6.45) is 4.36. The molecule has 0 amide bonds. The Kier molecular flexibility index (Phi) is 7.50. The van der Waals surface area contributed by atoms with Crippen molar-refractivity contribution < 1.29 is 23.9 Å². The van der Waals surface area contributed by atoms with Gasteiger partial charge in [0.05, 0.1) is 7.11 Å². The summed E-state index contributed by atoms with van der Waals surface area (Å²) in [6.45, 7) is 12.7. The average Bonchev–Trinajstić information content (AvgIpc) is 2.60. The minimum Gasteiger partial charge on any atom is -0.492 e. The van der Waals surface area contributed by atoms with Crippen LogP contribution in [0.5, 0.6) is 0 Å². The van der Waals surface area contributed by atoms with E-state index in [0.717, 1.165) is 5.57 Å². The van der Waals surface area contributed by atoms with Crippen molar-refractivity contribution in [2.75, 3.05) is 7.11 Å². The van der Waals surface area contributed by atoms with Crippen LogP contribution in [0.25, 0.3) is 0 Å². The number of ether oxygens (including phenoxy) is 2. The molecule has 1 rings (SSSR count). The van der Waals surface area contributed by atoms with E-state index >= 15 is 0 Å². The molecular weight excluding hydrogens is 332 g/mol. The molecule has 0 spiro atoms. The predicted octanol–water partition coefficient (Wildman–Crippen LogP) is 3.78. The molecule has 5 heteroatoms. The Balaban J connectivity index is 3.21. The van der Waals surface area contributed by atoms with Crippen LogP contribution in [0, 0.1) is 0 Å². The van der Waals surface area contributed by atoms with Crippen LogP contribution in [-0.4, -0.2) is 30.7 Å². The number of rotatable bonds is 7. The standard InChI is InChI=1S/C21H26O5/c1-8-13(4)21(24)26-18(10-9-12(2)3)14(5)16-11-17(22)15(6)20(25-7)19(16)23/h8-9,11,18H,5,10H2,1-4,6-7H3/b13-8+. The van der Waals surface area contributed by atoms with Crippen LogP contribution in [0.1, 0.15) is 41.0 Å². The van der Waals surface area contributed by atoms with Gasteiger partial charge in [-0.25, -0.2) is 4.79 Å². The lowest BCUT2D eigenvalue weighted by atomic mass is 9.88. The van der Waals surface area contributed by atoms with E-state index in [1.807, 2.05) is 19.9 Å². The van der Waals surface area contributed by atoms with Crippen LogP contribution in [0.2, 0.25) is 0 Å². The number of Topliss-reactive ketones (excluding diaryl/α,β-unsaturated/α-hetero) is 1. The van der Waals surface area contributed by atoms with Gasteiger partial charge < -0.3 is 9.47 Å². The Labute approximate surface area is 154 Å². The molecule has 0 aliphatic heterocycles. The molecule has 0 fully saturated rings. The molecule has 0 saturated heterocycles. The molecule has 0 radical (unpaired) electrons. The molecule has 0 saturated carbocycles. The third-order valence-electron chi connectivity index (χ3n) is 4.12. The van der Waals surface area contributed by atoms with Gasteiger partial charge in [-0.3, -0.25) is 9.59 Å². The van der Waals surface area contributed by atoms with Gasteiger partial charge in [0, 0.05) is 23.1 Å². The van der Waals surface area contributed by atoms with Gasteiger partial charge in [-0.1, -0.05) is 24.3 Å². The summed E-state index contributed by atoms with van der Waals surface area (Å²) in [7, 11) is 1.34. The average molecular weight is 358 g/mol. The van der Waals surface area contributed by atoms with E-state index in [1.165, 1.54) is 20.1 Å². The molecular formula is C21H26O5. The SMILES string of the molecule is C=C(C1=CC(=O)C(C)=C(OC)C1=O)C(CC=C(C)C)OC(=O)/C(C)=C/C. The maximum Gasteiger partial charge on any atom is 0.333 e. The van der Waals surface area contributed by atoms with Crippen molar-refractivity contribution in [1.82, 2.24) is 0 Å². The van der Waals surface area contributed by atoms with E-state index in [9.17, 15) is 14.4 Å². The van der Waals surface area contributed by atoms with Crippen LogP contribution in [0.3, 0.4) is 0 Å². The highest BCUT2D eigenvalue weighted by molar-refractivity contribution is 6.23. The van der Waals surface area contributed by atoms with E-state index in [4.69, 9.17) is 9.47 Å². The lowest BCUT2D eigenvalue weighted by Crippen LogP contribution is -2.27. The molecule has 0 aromatic carbocycles. The number of carbonyl (C=O) groups is 3. The minimum atomic E-state index is -0.758. The number of allylic oxidation sites excluding steroid dienone is 5. The molecule has 1 unspecified atom stereocenters. The Bertz CT molecular complexity index is 755. The van der Waals surface area contributed by atoms with Crippen molar-refractivity contribution in [3.05, 3.63) is 58.4 Å². The fourth-order valence-corrected chi connectivity index (χ4v) is 2.31. The second-order valence-electron chi connectivity index (χ2n) is 6.32. The Morgan fingerprint density at radius 3 is 2.38 bits per heavy atom. The Hall–Kier alpha value is -2.69. The minimum absolute atomic E-state index is 0.00873. The van der Waals surface area contributed by atoms with Crippen molar-refractivity contribution in [1.29, 1.82) is 0 Å². The van der Waals surface area contributed by atoms with Gasteiger partial charge in [0.25, 0.3) is 0 Å². The number of esters is 1. The molecule has 0 heterocycles. The Morgan fingerprint density at radius 2 is 1.88 bits per heavy atom. The molecule has 0 N–H and O–H groups in total. The molecule has 0 bridgehead atoms. The summed E-state index contributed by atoms with van der Waals surface area (Å²) in [5.41, 5.74) is 2.12. The first-order valence-corrected chi connectivity index (χ1v) is 8.36. The highest BCUT2D eigenvalue weighted by atomic mass is 16.5. The molecule has 1 aliphatic carbocycles. The Morgan fingerprint density at radius 1 is 1.27 bits per heavy atom. The van der Waals surface area contributed by atoms with Crippen LogP contribution in [0.4, 0.5) is 0 Å². The summed E-state index contributed by atoms with van der Waals surface area (Å²) in [6, 6.07) is 0. The topological polar surface area (TPSA) is 69.7 Å². The maximum absolute atomic E-state index is 12.6. The van der Waals surface area contributed by atoms with Gasteiger partial charge >= 0.3 is 5.97 Å². The number of hydrogen-bond donors (Lipinski definition) is 0. The van der Waals surface area contributed by atoms with E-state index in [0.29, 0.717) is 12.0 Å². The van der Waals surface area contributed by atoms with Crippen molar-refractivity contribution in [2.24, 2.45) is 0 Å². The van der Waals surface area contributed by atoms with Gasteiger partial charge in [0.1, 0.15) is 6.10 Å². The molecule has 5 nitrogen and oxygen atoms in total. The van der Waals surface area contributed by atoms with Crippen molar-refractivity contribution in [3.8, 4) is 0 Å². The zero-order valence-corrected chi connectivity index (χ0v) is 16.3. The third-order valence-corrected chi connectivity index (χ3v) is 4.12. The van der Waals surface area contributed by atoms with Gasteiger partial charge in [-0.05, 0) is 46.3 Å². The molecule has 0 aromatic rings. The molecule has 140 valence electrons. The largest absolute Gasteiger partial charge is 0.492 e. The molecule has 1 atom stereocenters. The van der Waals surface area contributed by atoms with Crippen LogP contribution in [-0.2, 0) is 23.9 Å². The highest BCUT2D eigenvalue weighted by Crippen LogP contribution is 2.28. The van der Waals surface area contributed by atoms with Gasteiger partial charge in [0.15, 0.2) is 11.5 Å². The van der Waals surface area contributed by atoms with Crippen LogP contribution < -0.4 is 0 Å². The van der Waals surface area contributed by atoms with E-state index in [1.54, 1.807) is 19.9 Å². The van der Waals surface area contributed by atoms with E-state index < -0.39 is 17.9 Å². The highest BCUT2D eigenvalue weighted by Gasteiger charge is 2.32. The summed E-state index contributed by atoms with van der Waals surface area (Å²) in [5.74, 6) is -1.26. The van der Waals surface area contributed by atoms with Crippen molar-refractivity contribution in [2.45, 2.75) is 47.1 Å². The van der Waals surface area contributed by atoms with Crippen LogP contribution in [0.15, 0.2) is 58.4 Å². The zero-order valence-electron chi connectivity index (χ0n) is 16.3. The fourth-order valence-electron chi connectivity index (χ4n) is 2.31. The maximum atomic E-state index is 12.6. The van der Waals surface area contributed by atoms with Crippen molar-refractivity contribution >= 4 is 17.5 Å². The van der Waals surface area contributed by atoms with E-state index in [-0.39, 0.29) is 28.3 Å². The van der Waals surface area contributed by atoms with Gasteiger partial charge in [-0.2, -0.15) is 0 Å². The van der Waals surface area contributed by atoms with Crippen molar-refractivity contribution in [3.63, 3.8) is 0 Å². The fraction of sp³-hybridized carbons (Fsp3) is 0.381. The quantitative estimate of drug-likeness (QED) is 0.300. The molecule has 1 aliphatic rings. The predicted molar refractivity (Wildman–Crippen MR) is 100 cm³/mol. The smallest absolute Gasteiger partial charge is 0.333 e. The number of methoxy groups -OCH3 is 1. The second-order valence-corrected chi connectivity index (χ2v) is 6.32. The van der Waals surface area contributed by atoms with Crippen LogP contribution >= 0.6 is 0 Å². The zero-order chi connectivity index (χ0) is 20.0. The van der Waals surface area contributed by atoms with E-state index in [2.05, 4.69) is 6.58 Å². The third kappa shape index (κ3) is 4.91. The first-order chi connectivity index (χ1) is 12.1. The lowest BCUT2D eigenvalue weighted by molar-refractivity contribution is -0.142. The summed E-state index contributed by atoms with van der Waals surface area (Å²) < 4.78 is 10.6. The molecule has 0 aromatic heterocycles.